The van der Waals surface area contributed by atoms with Crippen molar-refractivity contribution in [2.45, 2.75) is 0 Å². The second kappa shape index (κ2) is 7.40. The number of benzene rings is 3. The molecule has 0 aliphatic carbocycles. The topological polar surface area (TPSA) is 77.6 Å². The van der Waals surface area contributed by atoms with Gasteiger partial charge in [0.05, 0.1) is 16.8 Å². The maximum atomic E-state index is 13.1. The summed E-state index contributed by atoms with van der Waals surface area (Å²) in [6, 6.07) is 22.0. The summed E-state index contributed by atoms with van der Waals surface area (Å²) in [5.74, 6) is 0.191. The Morgan fingerprint density at radius 1 is 0.900 bits per heavy atom. The number of ether oxygens (including phenoxy) is 3. The zero-order valence-electron chi connectivity index (χ0n) is 15.9. The molecule has 1 N–H and O–H groups in total. The molecule has 3 aromatic carbocycles. The van der Waals surface area contributed by atoms with Crippen LogP contribution >= 0.6 is 0 Å². The molecule has 4 aromatic rings. The lowest BCUT2D eigenvalue weighted by molar-refractivity contribution is 0.0475. The first-order chi connectivity index (χ1) is 14.7. The number of esters is 1. The van der Waals surface area contributed by atoms with Crippen LogP contribution in [0.2, 0.25) is 0 Å². The quantitative estimate of drug-likeness (QED) is 0.392. The first kappa shape index (κ1) is 18.0. The van der Waals surface area contributed by atoms with Gasteiger partial charge < -0.3 is 19.2 Å². The van der Waals surface area contributed by atoms with Gasteiger partial charge in [-0.25, -0.2) is 4.79 Å². The van der Waals surface area contributed by atoms with E-state index in [1.807, 2.05) is 54.6 Å². The Labute approximate surface area is 172 Å². The molecule has 0 atom stereocenters. The van der Waals surface area contributed by atoms with Crippen LogP contribution in [0.5, 0.6) is 11.5 Å². The van der Waals surface area contributed by atoms with Gasteiger partial charge in [-0.1, -0.05) is 48.5 Å². The molecule has 0 saturated heterocycles. The molecule has 0 bridgehead atoms. The summed E-state index contributed by atoms with van der Waals surface area (Å²) in [4.78, 5) is 28.9. The maximum absolute atomic E-state index is 13.1. The van der Waals surface area contributed by atoms with Gasteiger partial charge in [-0.2, -0.15) is 0 Å². The average molecular weight is 399 g/mol. The van der Waals surface area contributed by atoms with E-state index in [0.717, 1.165) is 16.5 Å². The van der Waals surface area contributed by atoms with Gasteiger partial charge in [-0.15, -0.1) is 0 Å². The molecule has 6 nitrogen and oxygen atoms in total. The highest BCUT2D eigenvalue weighted by atomic mass is 16.7. The van der Waals surface area contributed by atoms with Gasteiger partial charge in [0, 0.05) is 10.9 Å². The minimum Gasteiger partial charge on any atom is -0.454 e. The molecule has 1 aliphatic rings. The number of para-hydroxylation sites is 1. The van der Waals surface area contributed by atoms with E-state index < -0.39 is 5.97 Å². The van der Waals surface area contributed by atoms with Crippen molar-refractivity contribution in [1.82, 2.24) is 4.98 Å². The summed E-state index contributed by atoms with van der Waals surface area (Å²) in [6.07, 6.45) is 0. The van der Waals surface area contributed by atoms with Crippen LogP contribution < -0.4 is 9.47 Å². The predicted molar refractivity (Wildman–Crippen MR) is 111 cm³/mol. The van der Waals surface area contributed by atoms with Gasteiger partial charge in [-0.05, 0) is 29.8 Å². The number of carbonyl (C=O) groups is 2. The minimum absolute atomic E-state index is 0.120. The molecule has 0 unspecified atom stereocenters. The van der Waals surface area contributed by atoms with Gasteiger partial charge in [0.25, 0.3) is 0 Å². The van der Waals surface area contributed by atoms with E-state index in [1.165, 1.54) is 0 Å². The third-order valence-corrected chi connectivity index (χ3v) is 4.99. The van der Waals surface area contributed by atoms with Crippen molar-refractivity contribution >= 4 is 22.7 Å². The number of hydrogen-bond donors (Lipinski definition) is 1. The van der Waals surface area contributed by atoms with E-state index in [4.69, 9.17) is 14.2 Å². The molecule has 148 valence electrons. The Kier molecular flexibility index (Phi) is 4.44. The van der Waals surface area contributed by atoms with E-state index >= 15 is 0 Å². The van der Waals surface area contributed by atoms with E-state index in [9.17, 15) is 9.59 Å². The zero-order chi connectivity index (χ0) is 20.5. The molecular formula is C24H17NO5. The number of aromatic nitrogens is 1. The molecule has 6 heteroatoms. The standard InChI is InChI=1S/C24H17NO5/c26-19(13-28-24(27)16-10-11-20-21(12-16)30-14-29-20)22-17-8-4-5-9-18(17)25-23(22)15-6-2-1-3-7-15/h1-12,25H,13-14H2. The molecule has 30 heavy (non-hydrogen) atoms. The van der Waals surface area contributed by atoms with Crippen molar-refractivity contribution in [3.63, 3.8) is 0 Å². The van der Waals surface area contributed by atoms with Crippen molar-refractivity contribution in [1.29, 1.82) is 0 Å². The lowest BCUT2D eigenvalue weighted by atomic mass is 10.0. The van der Waals surface area contributed by atoms with Crippen LogP contribution in [-0.2, 0) is 4.74 Å². The zero-order valence-corrected chi connectivity index (χ0v) is 15.9. The number of H-pyrrole nitrogens is 1. The van der Waals surface area contributed by atoms with Crippen molar-refractivity contribution in [2.24, 2.45) is 0 Å². The summed E-state index contributed by atoms with van der Waals surface area (Å²) in [6.45, 7) is -0.246. The van der Waals surface area contributed by atoms with Crippen LogP contribution in [0.1, 0.15) is 20.7 Å². The number of Topliss-reactive ketones (excluding diaryl/α,β-unsaturated/α-hetero) is 1. The first-order valence-corrected chi connectivity index (χ1v) is 9.47. The Morgan fingerprint density at radius 2 is 1.67 bits per heavy atom. The van der Waals surface area contributed by atoms with Gasteiger partial charge in [0.15, 0.2) is 18.1 Å². The number of ketones is 1. The number of hydrogen-bond acceptors (Lipinski definition) is 5. The number of carbonyl (C=O) groups excluding carboxylic acids is 2. The molecule has 0 fully saturated rings. The lowest BCUT2D eigenvalue weighted by Gasteiger charge is -2.07. The summed E-state index contributed by atoms with van der Waals surface area (Å²) < 4.78 is 15.8. The second-order valence-electron chi connectivity index (χ2n) is 6.85. The summed E-state index contributed by atoms with van der Waals surface area (Å²) in [7, 11) is 0. The minimum atomic E-state index is -0.595. The van der Waals surface area contributed by atoms with Crippen molar-refractivity contribution in [3.05, 3.63) is 83.9 Å². The van der Waals surface area contributed by atoms with Crippen LogP contribution in [0, 0.1) is 0 Å². The third-order valence-electron chi connectivity index (χ3n) is 4.99. The van der Waals surface area contributed by atoms with Crippen molar-refractivity contribution in [3.8, 4) is 22.8 Å². The fraction of sp³-hybridized carbons (Fsp3) is 0.0833. The lowest BCUT2D eigenvalue weighted by Crippen LogP contribution is -2.14. The number of rotatable bonds is 5. The molecule has 0 amide bonds. The Morgan fingerprint density at radius 3 is 2.53 bits per heavy atom. The predicted octanol–water partition coefficient (Wildman–Crippen LogP) is 4.60. The molecule has 2 heterocycles. The highest BCUT2D eigenvalue weighted by Gasteiger charge is 2.22. The van der Waals surface area contributed by atoms with Crippen LogP contribution in [0.4, 0.5) is 0 Å². The molecule has 1 aliphatic heterocycles. The normalized spacial score (nSPS) is 12.1. The van der Waals surface area contributed by atoms with E-state index in [-0.39, 0.29) is 19.2 Å². The van der Waals surface area contributed by atoms with Gasteiger partial charge in [0.2, 0.25) is 12.6 Å². The Balaban J connectivity index is 1.42. The fourth-order valence-electron chi connectivity index (χ4n) is 3.56. The summed E-state index contributed by atoms with van der Waals surface area (Å²) in [5, 5.41) is 0.792. The largest absolute Gasteiger partial charge is 0.454 e. The first-order valence-electron chi connectivity index (χ1n) is 9.47. The number of aromatic amines is 1. The Bertz CT molecular complexity index is 1260. The van der Waals surface area contributed by atoms with Crippen LogP contribution in [0.25, 0.3) is 22.2 Å². The third kappa shape index (κ3) is 3.18. The SMILES string of the molecule is O=C(OCC(=O)c1c(-c2ccccc2)[nH]c2ccccc12)c1ccc2c(c1)OCO2. The second-order valence-corrected chi connectivity index (χ2v) is 6.85. The summed E-state index contributed by atoms with van der Waals surface area (Å²) >= 11 is 0. The molecule has 0 saturated carbocycles. The molecule has 0 radical (unpaired) electrons. The van der Waals surface area contributed by atoms with E-state index in [2.05, 4.69) is 4.98 Å². The van der Waals surface area contributed by atoms with Crippen LogP contribution in [-0.4, -0.2) is 30.1 Å². The van der Waals surface area contributed by atoms with E-state index in [1.54, 1.807) is 18.2 Å². The smallest absolute Gasteiger partial charge is 0.338 e. The highest BCUT2D eigenvalue weighted by molar-refractivity contribution is 6.14. The molecule has 1 aromatic heterocycles. The van der Waals surface area contributed by atoms with Crippen molar-refractivity contribution in [2.75, 3.05) is 13.4 Å². The van der Waals surface area contributed by atoms with Gasteiger partial charge >= 0.3 is 5.97 Å². The van der Waals surface area contributed by atoms with Crippen molar-refractivity contribution < 1.29 is 23.8 Å². The highest BCUT2D eigenvalue weighted by Crippen LogP contribution is 2.33. The Hall–Kier alpha value is -4.06. The molecule has 5 rings (SSSR count). The fourth-order valence-corrected chi connectivity index (χ4v) is 3.56. The van der Waals surface area contributed by atoms with Gasteiger partial charge in [0.1, 0.15) is 0 Å². The molecular weight excluding hydrogens is 382 g/mol. The molecule has 0 spiro atoms. The van der Waals surface area contributed by atoms with Crippen LogP contribution in [0.3, 0.4) is 0 Å². The monoisotopic (exact) mass is 399 g/mol. The van der Waals surface area contributed by atoms with Gasteiger partial charge in [-0.3, -0.25) is 4.79 Å². The summed E-state index contributed by atoms with van der Waals surface area (Å²) in [5.41, 5.74) is 3.26. The number of nitrogens with one attached hydrogen (secondary N) is 1. The maximum Gasteiger partial charge on any atom is 0.338 e. The van der Waals surface area contributed by atoms with Crippen LogP contribution in [0.15, 0.2) is 72.8 Å². The number of fused-ring (bicyclic) bond motifs is 2. The van der Waals surface area contributed by atoms with E-state index in [0.29, 0.717) is 28.3 Å². The average Bonchev–Trinajstić information content (AvgIpc) is 3.41.